The van der Waals surface area contributed by atoms with E-state index in [2.05, 4.69) is 4.74 Å². The number of carboxylic acid groups (broad SMARTS) is 1. The molecule has 1 amide bonds. The molecule has 0 saturated carbocycles. The van der Waals surface area contributed by atoms with Gasteiger partial charge in [0, 0.05) is 18.3 Å². The number of rotatable bonds is 4. The van der Waals surface area contributed by atoms with Crippen molar-refractivity contribution in [3.63, 3.8) is 0 Å². The second-order valence-corrected chi connectivity index (χ2v) is 9.38. The number of nitrogens with zero attached hydrogens (tertiary/aromatic N) is 3. The summed E-state index contributed by atoms with van der Waals surface area (Å²) in [5.41, 5.74) is -2.76. The van der Waals surface area contributed by atoms with Crippen LogP contribution in [0.5, 0.6) is 5.75 Å². The van der Waals surface area contributed by atoms with Crippen molar-refractivity contribution >= 4 is 41.0 Å². The number of likely N-dealkylation sites (N-methyl/N-ethyl adjacent to an activating group) is 1. The summed E-state index contributed by atoms with van der Waals surface area (Å²) in [6.45, 7) is 0.734. The van der Waals surface area contributed by atoms with Crippen LogP contribution in [0.25, 0.3) is 5.69 Å². The second-order valence-electron chi connectivity index (χ2n) is 8.25. The molecule has 1 aliphatic rings. The molecule has 1 unspecified atom stereocenters. The van der Waals surface area contributed by atoms with Gasteiger partial charge in [-0.2, -0.15) is 13.2 Å². The van der Waals surface area contributed by atoms with Gasteiger partial charge in [-0.1, -0.05) is 23.7 Å². The van der Waals surface area contributed by atoms with E-state index in [9.17, 15) is 32.3 Å². The molecule has 9 nitrogen and oxygen atoms in total. The number of carbonyl (C=O) groups is 2. The number of amides is 1. The lowest BCUT2D eigenvalue weighted by Crippen LogP contribution is -2.40. The predicted octanol–water partition coefficient (Wildman–Crippen LogP) is 4.21. The topological polar surface area (TPSA) is 111 Å². The number of ether oxygens (including phenoxy) is 1. The summed E-state index contributed by atoms with van der Waals surface area (Å²) in [5.74, 6) is -1.22. The van der Waals surface area contributed by atoms with Crippen LogP contribution in [0, 0.1) is 0 Å². The fourth-order valence-electron chi connectivity index (χ4n) is 4.04. The van der Waals surface area contributed by atoms with Crippen LogP contribution in [0.1, 0.15) is 23.6 Å². The number of carbonyl (C=O) groups excluding carboxylic acids is 1. The maximum Gasteiger partial charge on any atom is 0.511 e. The van der Waals surface area contributed by atoms with Gasteiger partial charge in [0.2, 0.25) is 5.75 Å². The van der Waals surface area contributed by atoms with Crippen molar-refractivity contribution in [2.45, 2.75) is 24.5 Å². The van der Waals surface area contributed by atoms with Crippen LogP contribution in [0.4, 0.5) is 23.7 Å². The second kappa shape index (κ2) is 8.96. The van der Waals surface area contributed by atoms with Crippen molar-refractivity contribution in [1.29, 1.82) is 0 Å². The highest BCUT2D eigenvalue weighted by molar-refractivity contribution is 6.39. The first-order valence-corrected chi connectivity index (χ1v) is 11.1. The number of benzene rings is 2. The van der Waals surface area contributed by atoms with Gasteiger partial charge in [-0.3, -0.25) is 18.7 Å². The van der Waals surface area contributed by atoms with Crippen LogP contribution in [-0.2, 0) is 22.4 Å². The van der Waals surface area contributed by atoms with Crippen molar-refractivity contribution in [3.8, 4) is 11.4 Å². The summed E-state index contributed by atoms with van der Waals surface area (Å²) in [6.07, 6.45) is -5.83. The van der Waals surface area contributed by atoms with Gasteiger partial charge in [-0.05, 0) is 36.8 Å². The van der Waals surface area contributed by atoms with E-state index in [0.717, 1.165) is 22.9 Å². The Balaban J connectivity index is 1.92. The maximum atomic E-state index is 13.4. The van der Waals surface area contributed by atoms with Gasteiger partial charge >= 0.3 is 18.0 Å². The number of hydrogen-bond acceptors (Lipinski definition) is 5. The molecular weight excluding hydrogens is 542 g/mol. The third-order valence-electron chi connectivity index (χ3n) is 5.88. The number of halogens is 5. The van der Waals surface area contributed by atoms with Gasteiger partial charge in [0.25, 0.3) is 11.5 Å². The summed E-state index contributed by atoms with van der Waals surface area (Å²) in [4.78, 5) is 49.8. The van der Waals surface area contributed by atoms with Gasteiger partial charge in [0.05, 0.1) is 29.0 Å². The van der Waals surface area contributed by atoms with Crippen molar-refractivity contribution in [2.24, 2.45) is 0 Å². The van der Waals surface area contributed by atoms with Crippen molar-refractivity contribution in [3.05, 3.63) is 85.1 Å². The number of alkyl halides is 4. The van der Waals surface area contributed by atoms with Crippen LogP contribution >= 0.6 is 23.2 Å². The fourth-order valence-corrected chi connectivity index (χ4v) is 4.61. The van der Waals surface area contributed by atoms with Crippen LogP contribution in [0.15, 0.2) is 52.2 Å². The highest BCUT2D eigenvalue weighted by Gasteiger charge is 2.44. The van der Waals surface area contributed by atoms with Crippen LogP contribution in [-0.4, -0.2) is 33.4 Å². The number of fused-ring (bicyclic) bond motifs is 1. The van der Waals surface area contributed by atoms with Crippen LogP contribution in [0.2, 0.25) is 5.02 Å². The number of aromatic nitrogens is 2. The summed E-state index contributed by atoms with van der Waals surface area (Å²) >= 11 is 12.4. The zero-order chi connectivity index (χ0) is 27.4. The molecule has 0 spiro atoms. The SMILES string of the molecule is CN1C(=O)C(C)(Cl)c2cc(-n3cc(OC(=O)O)c(=O)n(Cc4cccc(C(F)(F)F)c4Cl)c3=O)ccc21. The van der Waals surface area contributed by atoms with E-state index in [-0.39, 0.29) is 11.3 Å². The van der Waals surface area contributed by atoms with E-state index in [1.807, 2.05) is 0 Å². The van der Waals surface area contributed by atoms with Crippen molar-refractivity contribution in [2.75, 3.05) is 11.9 Å². The average molecular weight is 558 g/mol. The Bertz CT molecular complexity index is 1580. The van der Waals surface area contributed by atoms with Crippen molar-refractivity contribution < 1.29 is 32.6 Å². The Morgan fingerprint density at radius 3 is 2.46 bits per heavy atom. The first kappa shape index (κ1) is 26.3. The summed E-state index contributed by atoms with van der Waals surface area (Å²) in [6, 6.07) is 7.30. The molecule has 0 fully saturated rings. The quantitative estimate of drug-likeness (QED) is 0.380. The molecule has 1 atom stereocenters. The highest BCUT2D eigenvalue weighted by atomic mass is 35.5. The molecule has 2 heterocycles. The molecule has 0 bridgehead atoms. The molecule has 0 aliphatic carbocycles. The molecule has 194 valence electrons. The molecular formula is C23H16Cl2F3N3O6. The van der Waals surface area contributed by atoms with E-state index < -0.39 is 57.2 Å². The fraction of sp³-hybridized carbons (Fsp3) is 0.217. The van der Waals surface area contributed by atoms with Gasteiger partial charge < -0.3 is 14.7 Å². The molecule has 1 aliphatic heterocycles. The molecule has 2 aromatic carbocycles. The molecule has 37 heavy (non-hydrogen) atoms. The summed E-state index contributed by atoms with van der Waals surface area (Å²) in [5, 5.41) is 8.33. The standard InChI is InChI=1S/C23H16Cl2F3N3O6/c1-22(25)14-8-12(6-7-15(14)29(2)19(22)33)30-10-16(37-21(35)36)18(32)31(20(30)34)9-11-4-3-5-13(17(11)24)23(26,27)28/h3-8,10H,9H2,1-2H3,(H,35,36). The Morgan fingerprint density at radius 2 is 1.84 bits per heavy atom. The monoisotopic (exact) mass is 557 g/mol. The Labute approximate surface area is 215 Å². The smallest absolute Gasteiger partial charge is 0.449 e. The minimum Gasteiger partial charge on any atom is -0.449 e. The molecule has 0 saturated heterocycles. The lowest BCUT2D eigenvalue weighted by molar-refractivity contribution is -0.137. The predicted molar refractivity (Wildman–Crippen MR) is 127 cm³/mol. The molecule has 1 aromatic heterocycles. The van der Waals surface area contributed by atoms with Crippen LogP contribution in [0.3, 0.4) is 0 Å². The zero-order valence-corrected chi connectivity index (χ0v) is 20.5. The minimum atomic E-state index is -4.80. The van der Waals surface area contributed by atoms with Gasteiger partial charge in [0.15, 0.2) is 0 Å². The van der Waals surface area contributed by atoms with E-state index in [1.54, 1.807) is 0 Å². The molecule has 14 heteroatoms. The van der Waals surface area contributed by atoms with Crippen molar-refractivity contribution in [1.82, 2.24) is 9.13 Å². The summed E-state index contributed by atoms with van der Waals surface area (Å²) < 4.78 is 45.8. The normalized spacial score (nSPS) is 17.2. The lowest BCUT2D eigenvalue weighted by Gasteiger charge is -2.17. The lowest BCUT2D eigenvalue weighted by atomic mass is 10.0. The minimum absolute atomic E-state index is 0.0813. The zero-order valence-electron chi connectivity index (χ0n) is 19.0. The summed E-state index contributed by atoms with van der Waals surface area (Å²) in [7, 11) is 1.51. The van der Waals surface area contributed by atoms with Crippen LogP contribution < -0.4 is 20.9 Å². The van der Waals surface area contributed by atoms with Gasteiger partial charge in [-0.25, -0.2) is 9.59 Å². The third kappa shape index (κ3) is 4.46. The highest BCUT2D eigenvalue weighted by Crippen LogP contribution is 2.44. The van der Waals surface area contributed by atoms with Gasteiger partial charge in [0.1, 0.15) is 4.87 Å². The molecule has 0 radical (unpaired) electrons. The number of hydrogen-bond donors (Lipinski definition) is 1. The molecule has 3 aromatic rings. The van der Waals surface area contributed by atoms with E-state index in [4.69, 9.17) is 28.3 Å². The third-order valence-corrected chi connectivity index (χ3v) is 6.69. The van der Waals surface area contributed by atoms with E-state index >= 15 is 0 Å². The first-order chi connectivity index (χ1) is 17.1. The largest absolute Gasteiger partial charge is 0.511 e. The Morgan fingerprint density at radius 1 is 1.16 bits per heavy atom. The maximum absolute atomic E-state index is 13.4. The van der Waals surface area contributed by atoms with E-state index in [0.29, 0.717) is 15.8 Å². The number of anilines is 1. The average Bonchev–Trinajstić information content (AvgIpc) is 2.98. The first-order valence-electron chi connectivity index (χ1n) is 10.4. The Hall–Kier alpha value is -3.77. The molecule has 4 rings (SSSR count). The Kier molecular flexibility index (Phi) is 6.37. The molecule has 1 N–H and O–H groups in total. The van der Waals surface area contributed by atoms with Gasteiger partial charge in [-0.15, -0.1) is 11.6 Å². The van der Waals surface area contributed by atoms with E-state index in [1.165, 1.54) is 43.1 Å².